The lowest BCUT2D eigenvalue weighted by Gasteiger charge is -2.21. The summed E-state index contributed by atoms with van der Waals surface area (Å²) >= 11 is 1.85. The molecule has 0 spiro atoms. The van der Waals surface area contributed by atoms with Gasteiger partial charge in [0.25, 0.3) is 0 Å². The third-order valence-corrected chi connectivity index (χ3v) is 4.43. The van der Waals surface area contributed by atoms with Crippen molar-refractivity contribution in [3.63, 3.8) is 0 Å². The molecule has 0 radical (unpaired) electrons. The van der Waals surface area contributed by atoms with E-state index in [2.05, 4.69) is 61.5 Å². The Balaban J connectivity index is 4.11. The van der Waals surface area contributed by atoms with Crippen molar-refractivity contribution in [2.75, 3.05) is 46.0 Å². The highest BCUT2D eigenvalue weighted by Crippen LogP contribution is 2.20. The van der Waals surface area contributed by atoms with E-state index in [1.807, 2.05) is 11.8 Å². The van der Waals surface area contributed by atoms with Crippen molar-refractivity contribution in [3.05, 3.63) is 0 Å². The molecule has 5 heteroatoms. The van der Waals surface area contributed by atoms with Crippen molar-refractivity contribution in [2.45, 2.75) is 45.3 Å². The number of hydrogen-bond acceptors (Lipinski definition) is 3. The number of rotatable bonds is 10. The van der Waals surface area contributed by atoms with E-state index in [0.29, 0.717) is 0 Å². The van der Waals surface area contributed by atoms with Crippen molar-refractivity contribution in [1.29, 1.82) is 0 Å². The van der Waals surface area contributed by atoms with E-state index < -0.39 is 0 Å². The molecule has 0 atom stereocenters. The Morgan fingerprint density at radius 1 is 1.20 bits per heavy atom. The number of aliphatic imine (C=N–C) groups is 1. The minimum absolute atomic E-state index is 0.195. The minimum Gasteiger partial charge on any atom is -0.357 e. The topological polar surface area (TPSA) is 39.7 Å². The first kappa shape index (κ1) is 19.6. The lowest BCUT2D eigenvalue weighted by Crippen LogP contribution is -2.41. The molecule has 0 bridgehead atoms. The molecule has 0 rings (SSSR count). The van der Waals surface area contributed by atoms with Gasteiger partial charge in [0.05, 0.1) is 6.54 Å². The molecule has 0 saturated carbocycles. The molecule has 0 aliphatic heterocycles. The minimum atomic E-state index is 0.195. The van der Waals surface area contributed by atoms with Gasteiger partial charge < -0.3 is 15.5 Å². The molecule has 20 heavy (non-hydrogen) atoms. The smallest absolute Gasteiger partial charge is 0.191 e. The average molecular weight is 303 g/mol. The van der Waals surface area contributed by atoms with Crippen LogP contribution < -0.4 is 10.6 Å². The van der Waals surface area contributed by atoms with Crippen LogP contribution in [0.4, 0.5) is 0 Å². The Morgan fingerprint density at radius 3 is 2.45 bits per heavy atom. The van der Waals surface area contributed by atoms with E-state index in [9.17, 15) is 0 Å². The molecule has 0 aromatic carbocycles. The molecule has 4 nitrogen and oxygen atoms in total. The van der Waals surface area contributed by atoms with Gasteiger partial charge in [0.2, 0.25) is 0 Å². The molecular formula is C15H34N4S. The summed E-state index contributed by atoms with van der Waals surface area (Å²) in [5, 5.41) is 6.72. The van der Waals surface area contributed by atoms with Crippen LogP contribution in [0.5, 0.6) is 0 Å². The zero-order valence-electron chi connectivity index (χ0n) is 14.3. The second-order valence-corrected chi connectivity index (χ2v) is 7.26. The van der Waals surface area contributed by atoms with E-state index in [4.69, 9.17) is 0 Å². The van der Waals surface area contributed by atoms with E-state index in [1.54, 1.807) is 0 Å². The lowest BCUT2D eigenvalue weighted by atomic mass is 10.2. The SMILES string of the molecule is CCCCN(C)CCNC(=NCC(C)(C)SC)NCC. The van der Waals surface area contributed by atoms with Crippen LogP contribution in [0.3, 0.4) is 0 Å². The summed E-state index contributed by atoms with van der Waals surface area (Å²) in [6, 6.07) is 0. The maximum absolute atomic E-state index is 4.67. The van der Waals surface area contributed by atoms with Gasteiger partial charge in [-0.15, -0.1) is 0 Å². The fourth-order valence-electron chi connectivity index (χ4n) is 1.58. The van der Waals surface area contributed by atoms with Crippen molar-refractivity contribution < 1.29 is 0 Å². The molecule has 0 amide bonds. The van der Waals surface area contributed by atoms with Gasteiger partial charge in [-0.2, -0.15) is 11.8 Å². The Hall–Kier alpha value is -0.420. The molecule has 0 aliphatic rings. The van der Waals surface area contributed by atoms with Crippen LogP contribution in [0.2, 0.25) is 0 Å². The highest BCUT2D eigenvalue weighted by atomic mass is 32.2. The summed E-state index contributed by atoms with van der Waals surface area (Å²) in [6.07, 6.45) is 4.66. The maximum Gasteiger partial charge on any atom is 0.191 e. The second kappa shape index (κ2) is 11.3. The monoisotopic (exact) mass is 302 g/mol. The molecule has 0 aromatic rings. The summed E-state index contributed by atoms with van der Waals surface area (Å²) in [5.41, 5.74) is 0. The molecule has 0 saturated heterocycles. The van der Waals surface area contributed by atoms with Gasteiger partial charge in [0.1, 0.15) is 0 Å². The molecule has 0 fully saturated rings. The molecule has 0 aliphatic carbocycles. The van der Waals surface area contributed by atoms with Crippen LogP contribution in [0.15, 0.2) is 4.99 Å². The predicted octanol–water partition coefficient (Wildman–Crippen LogP) is 2.42. The van der Waals surface area contributed by atoms with Gasteiger partial charge in [-0.1, -0.05) is 13.3 Å². The van der Waals surface area contributed by atoms with Gasteiger partial charge in [-0.3, -0.25) is 4.99 Å². The van der Waals surface area contributed by atoms with Crippen molar-refractivity contribution in [3.8, 4) is 0 Å². The van der Waals surface area contributed by atoms with E-state index in [1.165, 1.54) is 19.4 Å². The zero-order valence-corrected chi connectivity index (χ0v) is 15.1. The van der Waals surface area contributed by atoms with Crippen LogP contribution in [0.25, 0.3) is 0 Å². The highest BCUT2D eigenvalue weighted by molar-refractivity contribution is 7.99. The van der Waals surface area contributed by atoms with Gasteiger partial charge in [-0.25, -0.2) is 0 Å². The fourth-order valence-corrected chi connectivity index (χ4v) is 1.77. The van der Waals surface area contributed by atoms with Crippen LogP contribution in [-0.4, -0.2) is 61.6 Å². The maximum atomic E-state index is 4.67. The quantitative estimate of drug-likeness (QED) is 0.480. The van der Waals surface area contributed by atoms with Gasteiger partial charge in [0.15, 0.2) is 5.96 Å². The second-order valence-electron chi connectivity index (χ2n) is 5.74. The third-order valence-electron chi connectivity index (χ3n) is 3.19. The number of likely N-dealkylation sites (N-methyl/N-ethyl adjacent to an activating group) is 1. The highest BCUT2D eigenvalue weighted by Gasteiger charge is 2.15. The summed E-state index contributed by atoms with van der Waals surface area (Å²) < 4.78 is 0.195. The standard InChI is InChI=1S/C15H34N4S/c1-7-9-11-19(5)12-10-17-14(16-8-2)18-13-15(3,4)20-6/h7-13H2,1-6H3,(H2,16,17,18). The van der Waals surface area contributed by atoms with Crippen LogP contribution >= 0.6 is 11.8 Å². The van der Waals surface area contributed by atoms with Gasteiger partial charge >= 0.3 is 0 Å². The molecule has 0 heterocycles. The van der Waals surface area contributed by atoms with E-state index >= 15 is 0 Å². The number of unbranched alkanes of at least 4 members (excludes halogenated alkanes) is 1. The zero-order chi connectivity index (χ0) is 15.4. The number of guanidine groups is 1. The Bertz CT molecular complexity index is 267. The van der Waals surface area contributed by atoms with E-state index in [-0.39, 0.29) is 4.75 Å². The molecule has 0 aromatic heterocycles. The normalized spacial score (nSPS) is 12.8. The molecule has 2 N–H and O–H groups in total. The number of nitrogens with zero attached hydrogens (tertiary/aromatic N) is 2. The van der Waals surface area contributed by atoms with Gasteiger partial charge in [0, 0.05) is 24.4 Å². The third kappa shape index (κ3) is 10.4. The summed E-state index contributed by atoms with van der Waals surface area (Å²) in [6.45, 7) is 13.7. The van der Waals surface area contributed by atoms with Crippen LogP contribution in [0, 0.1) is 0 Å². The number of hydrogen-bond donors (Lipinski definition) is 2. The van der Waals surface area contributed by atoms with Crippen molar-refractivity contribution in [1.82, 2.24) is 15.5 Å². The Kier molecular flexibility index (Phi) is 11.0. The summed E-state index contributed by atoms with van der Waals surface area (Å²) in [7, 11) is 2.18. The average Bonchev–Trinajstić information content (AvgIpc) is 2.42. The number of nitrogens with one attached hydrogen (secondary N) is 2. The van der Waals surface area contributed by atoms with Crippen LogP contribution in [-0.2, 0) is 0 Å². The summed E-state index contributed by atoms with van der Waals surface area (Å²) in [4.78, 5) is 7.04. The Labute approximate surface area is 130 Å². The first-order valence-electron chi connectivity index (χ1n) is 7.71. The number of thioether (sulfide) groups is 1. The first-order chi connectivity index (χ1) is 9.45. The first-order valence-corrected chi connectivity index (χ1v) is 8.93. The summed E-state index contributed by atoms with van der Waals surface area (Å²) in [5.74, 6) is 0.929. The largest absolute Gasteiger partial charge is 0.357 e. The predicted molar refractivity (Wildman–Crippen MR) is 94.0 cm³/mol. The van der Waals surface area contributed by atoms with E-state index in [0.717, 1.165) is 32.1 Å². The fraction of sp³-hybridized carbons (Fsp3) is 0.933. The molecule has 120 valence electrons. The van der Waals surface area contributed by atoms with Gasteiger partial charge in [-0.05, 0) is 47.0 Å². The van der Waals surface area contributed by atoms with Crippen molar-refractivity contribution >= 4 is 17.7 Å². The molecule has 0 unspecified atom stereocenters. The molecular weight excluding hydrogens is 268 g/mol. The lowest BCUT2D eigenvalue weighted by molar-refractivity contribution is 0.332. The Morgan fingerprint density at radius 2 is 1.90 bits per heavy atom. The van der Waals surface area contributed by atoms with Crippen molar-refractivity contribution in [2.24, 2.45) is 4.99 Å². The van der Waals surface area contributed by atoms with Crippen LogP contribution in [0.1, 0.15) is 40.5 Å².